The van der Waals surface area contributed by atoms with E-state index in [9.17, 15) is 22.8 Å². The maximum Gasteiger partial charge on any atom is 0.416 e. The summed E-state index contributed by atoms with van der Waals surface area (Å²) in [6.07, 6.45) is -4.46. The molecule has 0 unspecified atom stereocenters. The smallest absolute Gasteiger partial charge is 0.416 e. The van der Waals surface area contributed by atoms with E-state index < -0.39 is 30.2 Å². The van der Waals surface area contributed by atoms with Crippen LogP contribution in [0.1, 0.15) is 32.9 Å². The molecule has 1 N–H and O–H groups in total. The molecule has 32 heavy (non-hydrogen) atoms. The van der Waals surface area contributed by atoms with Gasteiger partial charge in [0.15, 0.2) is 6.61 Å². The summed E-state index contributed by atoms with van der Waals surface area (Å²) in [5.74, 6) is -0.108. The zero-order chi connectivity index (χ0) is 23.3. The molecule has 2 aromatic carbocycles. The lowest BCUT2D eigenvalue weighted by molar-refractivity contribution is -0.137. The molecular formula is C22H19F3N2O4S. The Morgan fingerprint density at radius 2 is 1.78 bits per heavy atom. The van der Waals surface area contributed by atoms with Crippen LogP contribution in [0.4, 0.5) is 18.9 Å². The van der Waals surface area contributed by atoms with Gasteiger partial charge in [-0.25, -0.2) is 4.79 Å². The number of benzene rings is 2. The fraction of sp³-hybridized carbons (Fsp3) is 0.227. The van der Waals surface area contributed by atoms with Crippen LogP contribution < -0.4 is 5.32 Å². The van der Waals surface area contributed by atoms with Gasteiger partial charge in [-0.2, -0.15) is 13.2 Å². The Labute approximate surface area is 186 Å². The molecule has 168 valence electrons. The molecule has 0 radical (unpaired) electrons. The molecule has 0 aliphatic heterocycles. The number of thioether (sulfide) groups is 1. The van der Waals surface area contributed by atoms with Crippen LogP contribution in [0, 0.1) is 13.8 Å². The van der Waals surface area contributed by atoms with Crippen LogP contribution in [0.2, 0.25) is 0 Å². The first kappa shape index (κ1) is 23.4. The fourth-order valence-corrected chi connectivity index (χ4v) is 3.96. The molecule has 6 nitrogen and oxygen atoms in total. The lowest BCUT2D eigenvalue weighted by Crippen LogP contribution is -2.21. The van der Waals surface area contributed by atoms with Gasteiger partial charge < -0.3 is 14.6 Å². The number of alkyl halides is 3. The molecule has 1 amide bonds. The third kappa shape index (κ3) is 5.91. The highest BCUT2D eigenvalue weighted by Gasteiger charge is 2.30. The fourth-order valence-electron chi connectivity index (χ4n) is 2.77. The molecule has 0 saturated heterocycles. The molecule has 1 aromatic heterocycles. The van der Waals surface area contributed by atoms with Crippen LogP contribution in [0.25, 0.3) is 0 Å². The van der Waals surface area contributed by atoms with Crippen molar-refractivity contribution < 1.29 is 32.0 Å². The molecule has 0 fully saturated rings. The number of hydrogen-bond acceptors (Lipinski definition) is 6. The summed E-state index contributed by atoms with van der Waals surface area (Å²) in [5.41, 5.74) is 1.35. The molecular weight excluding hydrogens is 445 g/mol. The second kappa shape index (κ2) is 9.90. The van der Waals surface area contributed by atoms with Gasteiger partial charge in [0.05, 0.1) is 16.8 Å². The first-order valence-corrected chi connectivity index (χ1v) is 10.4. The molecule has 1 heterocycles. The average molecular weight is 464 g/mol. The van der Waals surface area contributed by atoms with E-state index in [4.69, 9.17) is 9.26 Å². The third-order valence-corrected chi connectivity index (χ3v) is 5.59. The van der Waals surface area contributed by atoms with Crippen molar-refractivity contribution in [1.29, 1.82) is 0 Å². The first-order chi connectivity index (χ1) is 15.1. The summed E-state index contributed by atoms with van der Waals surface area (Å²) in [6, 6.07) is 10.8. The molecule has 0 spiro atoms. The van der Waals surface area contributed by atoms with Gasteiger partial charge in [0.25, 0.3) is 5.91 Å². The second-order valence-corrected chi connectivity index (χ2v) is 7.80. The zero-order valence-corrected chi connectivity index (χ0v) is 18.0. The average Bonchev–Trinajstić information content (AvgIpc) is 3.08. The predicted molar refractivity (Wildman–Crippen MR) is 112 cm³/mol. The number of rotatable bonds is 7. The summed E-state index contributed by atoms with van der Waals surface area (Å²) in [4.78, 5) is 25.2. The Morgan fingerprint density at radius 3 is 2.41 bits per heavy atom. The van der Waals surface area contributed by atoms with Gasteiger partial charge >= 0.3 is 12.1 Å². The maximum absolute atomic E-state index is 12.6. The van der Waals surface area contributed by atoms with Crippen molar-refractivity contribution in [3.05, 3.63) is 76.7 Å². The summed E-state index contributed by atoms with van der Waals surface area (Å²) >= 11 is 1.41. The van der Waals surface area contributed by atoms with Gasteiger partial charge in [-0.15, -0.1) is 11.8 Å². The number of halogens is 3. The Bertz CT molecular complexity index is 1090. The number of anilines is 1. The molecule has 0 saturated carbocycles. The van der Waals surface area contributed by atoms with Crippen molar-refractivity contribution >= 4 is 29.3 Å². The number of nitrogens with one attached hydrogen (secondary N) is 1. The van der Waals surface area contributed by atoms with Crippen molar-refractivity contribution in [2.24, 2.45) is 0 Å². The van der Waals surface area contributed by atoms with E-state index in [1.807, 2.05) is 13.8 Å². The summed E-state index contributed by atoms with van der Waals surface area (Å²) in [5, 5.41) is 6.30. The predicted octanol–water partition coefficient (Wildman–Crippen LogP) is 5.40. The zero-order valence-electron chi connectivity index (χ0n) is 17.2. The van der Waals surface area contributed by atoms with E-state index in [2.05, 4.69) is 10.5 Å². The van der Waals surface area contributed by atoms with Crippen molar-refractivity contribution in [2.75, 3.05) is 11.9 Å². The van der Waals surface area contributed by atoms with Crippen LogP contribution in [0.15, 0.2) is 57.9 Å². The number of aryl methyl sites for hydroxylation is 2. The minimum absolute atomic E-state index is 0.162. The minimum atomic E-state index is -4.46. The number of carbonyl (C=O) groups is 2. The molecule has 3 rings (SSSR count). The largest absolute Gasteiger partial charge is 0.452 e. The molecule has 0 bridgehead atoms. The monoisotopic (exact) mass is 464 g/mol. The maximum atomic E-state index is 12.6. The van der Waals surface area contributed by atoms with Crippen LogP contribution >= 0.6 is 11.8 Å². The van der Waals surface area contributed by atoms with E-state index in [0.717, 1.165) is 35.5 Å². The van der Waals surface area contributed by atoms with Crippen LogP contribution in [0.3, 0.4) is 0 Å². The van der Waals surface area contributed by atoms with Crippen molar-refractivity contribution in [3.63, 3.8) is 0 Å². The van der Waals surface area contributed by atoms with Gasteiger partial charge in [0.2, 0.25) is 0 Å². The van der Waals surface area contributed by atoms with Gasteiger partial charge in [-0.05, 0) is 50.2 Å². The number of amides is 1. The quantitative estimate of drug-likeness (QED) is 0.373. The number of hydrogen-bond donors (Lipinski definition) is 1. The summed E-state index contributed by atoms with van der Waals surface area (Å²) < 4.78 is 48.0. The number of nitrogens with zero attached hydrogens (tertiary/aromatic N) is 1. The van der Waals surface area contributed by atoms with Crippen molar-refractivity contribution in [3.8, 4) is 0 Å². The highest BCUT2D eigenvalue weighted by molar-refractivity contribution is 7.98. The SMILES string of the molecule is Cc1noc(C)c1CSc1ccccc1C(=O)OCC(=O)Nc1ccc(C(F)(F)F)cc1. The Balaban J connectivity index is 1.57. The van der Waals surface area contributed by atoms with Crippen LogP contribution in [0.5, 0.6) is 0 Å². The number of ether oxygens (including phenoxy) is 1. The molecule has 0 aliphatic carbocycles. The topological polar surface area (TPSA) is 81.4 Å². The van der Waals surface area contributed by atoms with Gasteiger partial charge in [-0.1, -0.05) is 17.3 Å². The third-order valence-electron chi connectivity index (χ3n) is 4.49. The number of aromatic nitrogens is 1. The lowest BCUT2D eigenvalue weighted by Gasteiger charge is -2.11. The second-order valence-electron chi connectivity index (χ2n) is 6.79. The Kier molecular flexibility index (Phi) is 7.24. The Morgan fingerprint density at radius 1 is 1.09 bits per heavy atom. The van der Waals surface area contributed by atoms with Gasteiger partial charge in [0, 0.05) is 21.9 Å². The van der Waals surface area contributed by atoms with Crippen LogP contribution in [-0.4, -0.2) is 23.6 Å². The Hall–Kier alpha value is -3.27. The van der Waals surface area contributed by atoms with E-state index in [0.29, 0.717) is 22.0 Å². The van der Waals surface area contributed by atoms with Crippen molar-refractivity contribution in [2.45, 2.75) is 30.7 Å². The molecule has 10 heteroatoms. The number of esters is 1. The number of carbonyl (C=O) groups excluding carboxylic acids is 2. The standard InChI is InChI=1S/C22H19F3N2O4S/c1-13-18(14(2)31-27-13)12-32-19-6-4-3-5-17(19)21(29)30-11-20(28)26-16-9-7-15(8-10-16)22(23,24)25/h3-10H,11-12H2,1-2H3,(H,26,28). The van der Waals surface area contributed by atoms with Crippen molar-refractivity contribution in [1.82, 2.24) is 5.16 Å². The van der Waals surface area contributed by atoms with E-state index in [1.54, 1.807) is 24.3 Å². The first-order valence-electron chi connectivity index (χ1n) is 9.43. The molecule has 3 aromatic rings. The molecule has 0 atom stereocenters. The lowest BCUT2D eigenvalue weighted by atomic mass is 10.2. The van der Waals surface area contributed by atoms with E-state index in [1.165, 1.54) is 11.8 Å². The minimum Gasteiger partial charge on any atom is -0.452 e. The van der Waals surface area contributed by atoms with E-state index >= 15 is 0 Å². The van der Waals surface area contributed by atoms with Gasteiger partial charge in [0.1, 0.15) is 5.76 Å². The summed E-state index contributed by atoms with van der Waals surface area (Å²) in [6.45, 7) is 3.07. The highest BCUT2D eigenvalue weighted by atomic mass is 32.2. The molecule has 0 aliphatic rings. The summed E-state index contributed by atoms with van der Waals surface area (Å²) in [7, 11) is 0. The highest BCUT2D eigenvalue weighted by Crippen LogP contribution is 2.30. The van der Waals surface area contributed by atoms with E-state index in [-0.39, 0.29) is 5.69 Å². The van der Waals surface area contributed by atoms with Crippen LogP contribution in [-0.2, 0) is 21.5 Å². The van der Waals surface area contributed by atoms with Gasteiger partial charge in [-0.3, -0.25) is 4.79 Å². The normalized spacial score (nSPS) is 11.3.